The van der Waals surface area contributed by atoms with E-state index < -0.39 is 0 Å². The zero-order valence-electron chi connectivity index (χ0n) is 18.0. The molecule has 0 radical (unpaired) electrons. The van der Waals surface area contributed by atoms with Crippen molar-refractivity contribution >= 4 is 16.9 Å². The Kier molecular flexibility index (Phi) is 5.69. The van der Waals surface area contributed by atoms with Crippen molar-refractivity contribution in [1.29, 1.82) is 0 Å². The summed E-state index contributed by atoms with van der Waals surface area (Å²) in [6, 6.07) is 17.1. The maximum absolute atomic E-state index is 13.1. The van der Waals surface area contributed by atoms with Crippen LogP contribution in [-0.2, 0) is 13.1 Å². The minimum atomic E-state index is -0.340. The number of H-pyrrole nitrogens is 1. The molecule has 170 valence electrons. The fourth-order valence-electron chi connectivity index (χ4n) is 3.63. The number of benzene rings is 2. The fourth-order valence-corrected chi connectivity index (χ4v) is 3.63. The standard InChI is InChI=1S/C24H20FN7O2/c25-18-8-6-17(7-9-18)20-12-21(30-29-20)23(33)26-10-11-32-22-19(13-28-32)24(34)31(15-27-22)14-16-4-2-1-3-5-16/h1-9,12-13,15H,10-11,14H2,(H,26,33)(H,29,30). The van der Waals surface area contributed by atoms with Crippen LogP contribution < -0.4 is 10.9 Å². The lowest BCUT2D eigenvalue weighted by atomic mass is 10.1. The summed E-state index contributed by atoms with van der Waals surface area (Å²) in [5, 5.41) is 14.3. The van der Waals surface area contributed by atoms with Gasteiger partial charge in [0.2, 0.25) is 0 Å². The lowest BCUT2D eigenvalue weighted by molar-refractivity contribution is 0.0947. The van der Waals surface area contributed by atoms with Crippen LogP contribution >= 0.6 is 0 Å². The van der Waals surface area contributed by atoms with Crippen LogP contribution in [0.5, 0.6) is 0 Å². The van der Waals surface area contributed by atoms with Crippen molar-refractivity contribution in [2.24, 2.45) is 0 Å². The number of nitrogens with zero attached hydrogens (tertiary/aromatic N) is 5. The van der Waals surface area contributed by atoms with Gasteiger partial charge >= 0.3 is 0 Å². The average molecular weight is 457 g/mol. The highest BCUT2D eigenvalue weighted by atomic mass is 19.1. The average Bonchev–Trinajstić information content (AvgIpc) is 3.50. The molecule has 0 bridgehead atoms. The van der Waals surface area contributed by atoms with E-state index in [2.05, 4.69) is 25.6 Å². The number of aromatic amines is 1. The summed E-state index contributed by atoms with van der Waals surface area (Å²) in [5.74, 6) is -0.677. The topological polar surface area (TPSA) is 110 Å². The van der Waals surface area contributed by atoms with Crippen LogP contribution in [0.3, 0.4) is 0 Å². The minimum absolute atomic E-state index is 0.171. The Bertz CT molecular complexity index is 1500. The van der Waals surface area contributed by atoms with Crippen molar-refractivity contribution < 1.29 is 9.18 Å². The molecule has 0 spiro atoms. The maximum Gasteiger partial charge on any atom is 0.269 e. The van der Waals surface area contributed by atoms with E-state index in [0.717, 1.165) is 5.56 Å². The molecule has 34 heavy (non-hydrogen) atoms. The van der Waals surface area contributed by atoms with Crippen molar-refractivity contribution in [2.75, 3.05) is 6.54 Å². The molecule has 5 rings (SSSR count). The third-order valence-corrected chi connectivity index (χ3v) is 5.39. The number of amides is 1. The van der Waals surface area contributed by atoms with Crippen LogP contribution in [0.2, 0.25) is 0 Å². The number of hydrogen-bond acceptors (Lipinski definition) is 5. The van der Waals surface area contributed by atoms with Gasteiger partial charge < -0.3 is 5.32 Å². The van der Waals surface area contributed by atoms with Gasteiger partial charge in [-0.1, -0.05) is 30.3 Å². The SMILES string of the molecule is O=C(NCCn1ncc2c(=O)n(Cc3ccccc3)cnc21)c1cc(-c2ccc(F)cc2)n[nH]1. The monoisotopic (exact) mass is 457 g/mol. The van der Waals surface area contributed by atoms with Crippen molar-refractivity contribution in [3.05, 3.63) is 101 Å². The zero-order chi connectivity index (χ0) is 23.5. The first-order valence-electron chi connectivity index (χ1n) is 10.6. The van der Waals surface area contributed by atoms with E-state index in [9.17, 15) is 14.0 Å². The fraction of sp³-hybridized carbons (Fsp3) is 0.125. The molecule has 1 amide bonds. The van der Waals surface area contributed by atoms with Crippen LogP contribution in [0.1, 0.15) is 16.1 Å². The number of rotatable bonds is 7. The summed E-state index contributed by atoms with van der Waals surface area (Å²) in [4.78, 5) is 29.7. The number of aromatic nitrogens is 6. The highest BCUT2D eigenvalue weighted by molar-refractivity contribution is 5.93. The van der Waals surface area contributed by atoms with Crippen molar-refractivity contribution in [2.45, 2.75) is 13.1 Å². The lowest BCUT2D eigenvalue weighted by Crippen LogP contribution is -2.28. The largest absolute Gasteiger partial charge is 0.349 e. The van der Waals surface area contributed by atoms with E-state index in [-0.39, 0.29) is 29.5 Å². The van der Waals surface area contributed by atoms with Crippen LogP contribution in [0.15, 0.2) is 78.0 Å². The van der Waals surface area contributed by atoms with Gasteiger partial charge in [0, 0.05) is 12.1 Å². The summed E-state index contributed by atoms with van der Waals surface area (Å²) in [5.41, 5.74) is 2.82. The van der Waals surface area contributed by atoms with E-state index in [4.69, 9.17) is 0 Å². The van der Waals surface area contributed by atoms with Crippen molar-refractivity contribution in [3.63, 3.8) is 0 Å². The molecule has 0 saturated carbocycles. The Labute approximate surface area is 192 Å². The van der Waals surface area contributed by atoms with Gasteiger partial charge in [0.05, 0.1) is 25.0 Å². The number of carbonyl (C=O) groups excluding carboxylic acids is 1. The zero-order valence-corrected chi connectivity index (χ0v) is 18.0. The smallest absolute Gasteiger partial charge is 0.269 e. The molecule has 0 saturated heterocycles. The van der Waals surface area contributed by atoms with Crippen molar-refractivity contribution in [1.82, 2.24) is 34.8 Å². The second-order valence-electron chi connectivity index (χ2n) is 7.70. The van der Waals surface area contributed by atoms with Crippen molar-refractivity contribution in [3.8, 4) is 11.3 Å². The van der Waals surface area contributed by atoms with E-state index in [1.165, 1.54) is 24.7 Å². The molecular weight excluding hydrogens is 437 g/mol. The predicted octanol–water partition coefficient (Wildman–Crippen LogP) is 2.60. The van der Waals surface area contributed by atoms with E-state index in [1.807, 2.05) is 30.3 Å². The van der Waals surface area contributed by atoms with Gasteiger partial charge in [-0.15, -0.1) is 0 Å². The molecular formula is C24H20FN7O2. The van der Waals surface area contributed by atoms with Gasteiger partial charge in [-0.05, 0) is 35.9 Å². The second-order valence-corrected chi connectivity index (χ2v) is 7.70. The van der Waals surface area contributed by atoms with Gasteiger partial charge in [0.15, 0.2) is 5.65 Å². The number of hydrogen-bond donors (Lipinski definition) is 2. The normalized spacial score (nSPS) is 11.1. The molecule has 0 aliphatic carbocycles. The van der Waals surface area contributed by atoms with Gasteiger partial charge in [0.25, 0.3) is 11.5 Å². The maximum atomic E-state index is 13.1. The quantitative estimate of drug-likeness (QED) is 0.390. The molecule has 0 atom stereocenters. The number of nitrogens with one attached hydrogen (secondary N) is 2. The van der Waals surface area contributed by atoms with E-state index >= 15 is 0 Å². The van der Waals surface area contributed by atoms with Crippen LogP contribution in [0.4, 0.5) is 4.39 Å². The first-order valence-corrected chi connectivity index (χ1v) is 10.6. The van der Waals surface area contributed by atoms with Crippen LogP contribution in [0.25, 0.3) is 22.3 Å². The summed E-state index contributed by atoms with van der Waals surface area (Å²) in [6.07, 6.45) is 3.01. The molecule has 0 unspecified atom stereocenters. The van der Waals surface area contributed by atoms with Gasteiger partial charge in [0.1, 0.15) is 23.2 Å². The Morgan fingerprint density at radius 1 is 1.09 bits per heavy atom. The van der Waals surface area contributed by atoms with Crippen LogP contribution in [-0.4, -0.2) is 42.0 Å². The molecule has 0 fully saturated rings. The van der Waals surface area contributed by atoms with E-state index in [0.29, 0.717) is 35.4 Å². The van der Waals surface area contributed by atoms with Gasteiger partial charge in [-0.25, -0.2) is 14.1 Å². The lowest BCUT2D eigenvalue weighted by Gasteiger charge is -2.07. The molecule has 2 aromatic carbocycles. The molecule has 0 aliphatic heterocycles. The highest BCUT2D eigenvalue weighted by Crippen LogP contribution is 2.18. The Morgan fingerprint density at radius 3 is 2.68 bits per heavy atom. The van der Waals surface area contributed by atoms with Gasteiger partial charge in [-0.2, -0.15) is 10.2 Å². The molecule has 3 heterocycles. The van der Waals surface area contributed by atoms with Gasteiger partial charge in [-0.3, -0.25) is 19.3 Å². The summed E-state index contributed by atoms with van der Waals surface area (Å²) in [6.45, 7) is 1.03. The molecule has 2 N–H and O–H groups in total. The third kappa shape index (κ3) is 4.33. The molecule has 3 aromatic heterocycles. The highest BCUT2D eigenvalue weighted by Gasteiger charge is 2.13. The second kappa shape index (κ2) is 9.10. The number of carbonyl (C=O) groups is 1. The first-order chi connectivity index (χ1) is 16.6. The molecule has 9 nitrogen and oxygen atoms in total. The Hall–Kier alpha value is -4.60. The molecule has 10 heteroatoms. The molecule has 5 aromatic rings. The summed E-state index contributed by atoms with van der Waals surface area (Å²) < 4.78 is 16.2. The van der Waals surface area contributed by atoms with Crippen LogP contribution in [0, 0.1) is 5.82 Å². The molecule has 0 aliphatic rings. The predicted molar refractivity (Wildman–Crippen MR) is 124 cm³/mol. The van der Waals surface area contributed by atoms with E-state index in [1.54, 1.807) is 27.4 Å². The Morgan fingerprint density at radius 2 is 1.88 bits per heavy atom. The Balaban J connectivity index is 1.23. The third-order valence-electron chi connectivity index (χ3n) is 5.39. The number of fused-ring (bicyclic) bond motifs is 1. The summed E-state index contributed by atoms with van der Waals surface area (Å²) in [7, 11) is 0. The minimum Gasteiger partial charge on any atom is -0.349 e. The summed E-state index contributed by atoms with van der Waals surface area (Å²) >= 11 is 0. The first kappa shape index (κ1) is 21.3. The number of halogens is 1.